The van der Waals surface area contributed by atoms with Crippen LogP contribution in [0.5, 0.6) is 0 Å². The van der Waals surface area contributed by atoms with Gasteiger partial charge in [0.05, 0.1) is 5.92 Å². The maximum Gasteiger partial charge on any atom is 0.407 e. The minimum Gasteiger partial charge on any atom is -0.460 e. The summed E-state index contributed by atoms with van der Waals surface area (Å²) in [5.41, 5.74) is -0.960. The molecule has 0 aromatic heterocycles. The van der Waals surface area contributed by atoms with Crippen LogP contribution in [0, 0.1) is 11.7 Å². The van der Waals surface area contributed by atoms with Crippen molar-refractivity contribution >= 4 is 28.0 Å². The molecular formula is C19H27BrFNO4. The molecule has 1 rings (SSSR count). The van der Waals surface area contributed by atoms with E-state index >= 15 is 0 Å². The van der Waals surface area contributed by atoms with E-state index in [1.165, 1.54) is 6.07 Å². The van der Waals surface area contributed by atoms with Crippen molar-refractivity contribution in [1.82, 2.24) is 5.32 Å². The van der Waals surface area contributed by atoms with Crippen molar-refractivity contribution in [2.75, 3.05) is 6.54 Å². The van der Waals surface area contributed by atoms with Gasteiger partial charge in [-0.1, -0.05) is 22.0 Å². The number of amides is 1. The molecule has 1 unspecified atom stereocenters. The highest BCUT2D eigenvalue weighted by Gasteiger charge is 2.27. The number of rotatable bonds is 5. The number of esters is 1. The van der Waals surface area contributed by atoms with Gasteiger partial charge >= 0.3 is 12.1 Å². The third kappa shape index (κ3) is 8.65. The van der Waals surface area contributed by atoms with Crippen LogP contribution >= 0.6 is 15.9 Å². The molecule has 0 fully saturated rings. The summed E-state index contributed by atoms with van der Waals surface area (Å²) in [5, 5.41) is 2.56. The van der Waals surface area contributed by atoms with Crippen molar-refractivity contribution in [1.29, 1.82) is 0 Å². The van der Waals surface area contributed by atoms with E-state index in [2.05, 4.69) is 21.2 Å². The number of alkyl carbamates (subject to hydrolysis) is 1. The van der Waals surface area contributed by atoms with Crippen molar-refractivity contribution < 1.29 is 23.5 Å². The van der Waals surface area contributed by atoms with E-state index in [9.17, 15) is 14.0 Å². The van der Waals surface area contributed by atoms with Crippen LogP contribution in [0.4, 0.5) is 9.18 Å². The van der Waals surface area contributed by atoms with Crippen molar-refractivity contribution in [3.05, 3.63) is 34.1 Å². The van der Waals surface area contributed by atoms with Gasteiger partial charge in [-0.05, 0) is 65.7 Å². The van der Waals surface area contributed by atoms with Crippen LogP contribution in [0.1, 0.15) is 47.1 Å². The maximum atomic E-state index is 14.1. The molecule has 0 aliphatic rings. The quantitative estimate of drug-likeness (QED) is 0.691. The average molecular weight is 432 g/mol. The van der Waals surface area contributed by atoms with Crippen LogP contribution in [0.25, 0.3) is 0 Å². The first-order valence-corrected chi connectivity index (χ1v) is 9.20. The Kier molecular flexibility index (Phi) is 7.62. The van der Waals surface area contributed by atoms with Crippen LogP contribution in [0.15, 0.2) is 22.7 Å². The lowest BCUT2D eigenvalue weighted by Crippen LogP contribution is -2.40. The molecule has 7 heteroatoms. The van der Waals surface area contributed by atoms with Gasteiger partial charge in [0.15, 0.2) is 0 Å². The number of benzene rings is 1. The van der Waals surface area contributed by atoms with Gasteiger partial charge in [-0.3, -0.25) is 4.79 Å². The van der Waals surface area contributed by atoms with Gasteiger partial charge in [0.1, 0.15) is 17.0 Å². The van der Waals surface area contributed by atoms with Crippen LogP contribution in [-0.2, 0) is 20.7 Å². The molecule has 0 heterocycles. The summed E-state index contributed by atoms with van der Waals surface area (Å²) in [6.45, 7) is 10.5. The number of ether oxygens (including phenoxy) is 2. The highest BCUT2D eigenvalue weighted by Crippen LogP contribution is 2.20. The number of carbonyl (C=O) groups excluding carboxylic acids is 2. The highest BCUT2D eigenvalue weighted by atomic mass is 79.9. The normalized spacial score (nSPS) is 13.1. The lowest BCUT2D eigenvalue weighted by Gasteiger charge is -2.25. The zero-order valence-electron chi connectivity index (χ0n) is 16.1. The molecule has 1 atom stereocenters. The molecule has 0 saturated heterocycles. The van der Waals surface area contributed by atoms with E-state index < -0.39 is 35.0 Å². The fourth-order valence-corrected chi connectivity index (χ4v) is 2.43. The molecule has 0 saturated carbocycles. The van der Waals surface area contributed by atoms with Crippen LogP contribution in [-0.4, -0.2) is 29.8 Å². The third-order valence-electron chi connectivity index (χ3n) is 3.11. The molecule has 1 amide bonds. The Morgan fingerprint density at radius 2 is 1.69 bits per heavy atom. The van der Waals surface area contributed by atoms with Gasteiger partial charge in [0.25, 0.3) is 0 Å². The predicted octanol–water partition coefficient (Wildman–Crippen LogP) is 4.61. The van der Waals surface area contributed by atoms with Gasteiger partial charge in [-0.2, -0.15) is 0 Å². The van der Waals surface area contributed by atoms with Crippen LogP contribution in [0.2, 0.25) is 0 Å². The standard InChI is InChI=1S/C19H27BrFNO4/c1-18(2,3)25-16(23)13(11-22-17(24)26-19(4,5)6)9-12-7-8-14(20)10-15(12)21/h7-8,10,13H,9,11H2,1-6H3,(H,22,24). The molecule has 0 radical (unpaired) electrons. The minimum absolute atomic E-state index is 0.0146. The topological polar surface area (TPSA) is 64.6 Å². The summed E-state index contributed by atoms with van der Waals surface area (Å²) in [4.78, 5) is 24.4. The van der Waals surface area contributed by atoms with Gasteiger partial charge in [-0.15, -0.1) is 0 Å². The van der Waals surface area contributed by atoms with Crippen molar-refractivity contribution in [2.24, 2.45) is 5.92 Å². The minimum atomic E-state index is -0.739. The first kappa shape index (κ1) is 22.4. The van der Waals surface area contributed by atoms with Gasteiger partial charge in [-0.25, -0.2) is 9.18 Å². The fraction of sp³-hybridized carbons (Fsp3) is 0.579. The second kappa shape index (κ2) is 8.84. The smallest absolute Gasteiger partial charge is 0.407 e. The van der Waals surface area contributed by atoms with E-state index in [4.69, 9.17) is 9.47 Å². The summed E-state index contributed by atoms with van der Waals surface area (Å²) in [7, 11) is 0. The number of nitrogens with one attached hydrogen (secondary N) is 1. The second-order valence-electron chi connectivity index (χ2n) is 8.05. The molecule has 1 N–H and O–H groups in total. The molecular weight excluding hydrogens is 405 g/mol. The Morgan fingerprint density at radius 1 is 1.12 bits per heavy atom. The van der Waals surface area contributed by atoms with Crippen molar-refractivity contribution in [3.63, 3.8) is 0 Å². The first-order chi connectivity index (χ1) is 11.8. The van der Waals surface area contributed by atoms with E-state index in [0.717, 1.165) is 0 Å². The zero-order chi connectivity index (χ0) is 20.1. The van der Waals surface area contributed by atoms with Crippen molar-refractivity contribution in [3.8, 4) is 0 Å². The third-order valence-corrected chi connectivity index (χ3v) is 3.61. The lowest BCUT2D eigenvalue weighted by molar-refractivity contribution is -0.159. The summed E-state index contributed by atoms with van der Waals surface area (Å²) >= 11 is 3.20. The van der Waals surface area contributed by atoms with Crippen molar-refractivity contribution in [2.45, 2.75) is 59.2 Å². The number of carbonyl (C=O) groups is 2. The largest absolute Gasteiger partial charge is 0.460 e. The molecule has 0 spiro atoms. The monoisotopic (exact) mass is 431 g/mol. The Hall–Kier alpha value is -1.63. The molecule has 146 valence electrons. The molecule has 5 nitrogen and oxygen atoms in total. The van der Waals surface area contributed by atoms with E-state index in [1.807, 2.05) is 0 Å². The first-order valence-electron chi connectivity index (χ1n) is 8.40. The summed E-state index contributed by atoms with van der Waals surface area (Å²) < 4.78 is 25.3. The van der Waals surface area contributed by atoms with Crippen LogP contribution in [0.3, 0.4) is 0 Å². The molecule has 1 aromatic carbocycles. The number of hydrogen-bond donors (Lipinski definition) is 1. The van der Waals surface area contributed by atoms with Crippen LogP contribution < -0.4 is 5.32 Å². The lowest BCUT2D eigenvalue weighted by atomic mass is 9.98. The highest BCUT2D eigenvalue weighted by molar-refractivity contribution is 9.10. The van der Waals surface area contributed by atoms with Gasteiger partial charge in [0.2, 0.25) is 0 Å². The fourth-order valence-electron chi connectivity index (χ4n) is 2.10. The predicted molar refractivity (Wildman–Crippen MR) is 101 cm³/mol. The zero-order valence-corrected chi connectivity index (χ0v) is 17.7. The number of hydrogen-bond acceptors (Lipinski definition) is 4. The van der Waals surface area contributed by atoms with E-state index in [1.54, 1.807) is 53.7 Å². The molecule has 0 aliphatic heterocycles. The average Bonchev–Trinajstić information content (AvgIpc) is 2.41. The Balaban J connectivity index is 2.88. The second-order valence-corrected chi connectivity index (χ2v) is 8.97. The summed E-state index contributed by atoms with van der Waals surface area (Å²) in [6, 6.07) is 4.64. The maximum absolute atomic E-state index is 14.1. The Labute approximate surface area is 162 Å². The molecule has 0 aliphatic carbocycles. The SMILES string of the molecule is CC(C)(C)OC(=O)NCC(Cc1ccc(Br)cc1F)C(=O)OC(C)(C)C. The summed E-state index contributed by atoms with van der Waals surface area (Å²) in [5.74, 6) is -1.67. The molecule has 0 bridgehead atoms. The van der Waals surface area contributed by atoms with Gasteiger partial charge in [0, 0.05) is 11.0 Å². The Morgan fingerprint density at radius 3 is 2.19 bits per heavy atom. The van der Waals surface area contributed by atoms with E-state index in [0.29, 0.717) is 10.0 Å². The van der Waals surface area contributed by atoms with Gasteiger partial charge < -0.3 is 14.8 Å². The number of halogens is 2. The summed E-state index contributed by atoms with van der Waals surface area (Å²) in [6.07, 6.45) is -0.536. The molecule has 26 heavy (non-hydrogen) atoms. The Bertz CT molecular complexity index is 650. The molecule has 1 aromatic rings. The van der Waals surface area contributed by atoms with E-state index in [-0.39, 0.29) is 13.0 Å².